The molecular weight excluding hydrogens is 170 g/mol. The van der Waals surface area contributed by atoms with E-state index in [9.17, 15) is 0 Å². The van der Waals surface area contributed by atoms with Crippen molar-refractivity contribution in [2.45, 2.75) is 64.8 Å². The summed E-state index contributed by atoms with van der Waals surface area (Å²) in [5.74, 6) is 0.971. The molecule has 1 nitrogen and oxygen atoms in total. The van der Waals surface area contributed by atoms with E-state index in [0.29, 0.717) is 5.41 Å². The van der Waals surface area contributed by atoms with Gasteiger partial charge >= 0.3 is 0 Å². The number of hydrogen-bond acceptors (Lipinski definition) is 1. The first-order chi connectivity index (χ1) is 6.70. The van der Waals surface area contributed by atoms with E-state index in [2.05, 4.69) is 19.2 Å². The predicted molar refractivity (Wildman–Crippen MR) is 61.4 cm³/mol. The fourth-order valence-electron chi connectivity index (χ4n) is 2.99. The highest BCUT2D eigenvalue weighted by atomic mass is 14.9. The first kappa shape index (κ1) is 10.5. The molecule has 0 aromatic carbocycles. The van der Waals surface area contributed by atoms with Crippen molar-refractivity contribution in [2.75, 3.05) is 6.54 Å². The molecule has 2 aliphatic rings. The lowest BCUT2D eigenvalue weighted by atomic mass is 9.70. The van der Waals surface area contributed by atoms with Crippen LogP contribution in [0.5, 0.6) is 0 Å². The van der Waals surface area contributed by atoms with Crippen molar-refractivity contribution in [3.63, 3.8) is 0 Å². The highest BCUT2D eigenvalue weighted by molar-refractivity contribution is 4.87. The topological polar surface area (TPSA) is 12.0 Å². The van der Waals surface area contributed by atoms with Crippen LogP contribution < -0.4 is 5.32 Å². The maximum absolute atomic E-state index is 3.77. The largest absolute Gasteiger partial charge is 0.313 e. The fourth-order valence-corrected chi connectivity index (χ4v) is 2.99. The van der Waals surface area contributed by atoms with Gasteiger partial charge in [0.1, 0.15) is 0 Å². The Bertz CT molecular complexity index is 178. The minimum absolute atomic E-state index is 0.646. The van der Waals surface area contributed by atoms with Crippen molar-refractivity contribution in [2.24, 2.45) is 11.3 Å². The zero-order valence-corrected chi connectivity index (χ0v) is 9.81. The van der Waals surface area contributed by atoms with Gasteiger partial charge in [-0.05, 0) is 43.9 Å². The van der Waals surface area contributed by atoms with Crippen LogP contribution in [0.2, 0.25) is 0 Å². The lowest BCUT2D eigenvalue weighted by molar-refractivity contribution is 0.146. The Balaban J connectivity index is 1.68. The van der Waals surface area contributed by atoms with E-state index in [-0.39, 0.29) is 0 Å². The predicted octanol–water partition coefficient (Wildman–Crippen LogP) is 3.34. The summed E-state index contributed by atoms with van der Waals surface area (Å²) in [4.78, 5) is 0. The van der Waals surface area contributed by atoms with Crippen molar-refractivity contribution in [3.05, 3.63) is 0 Å². The lowest BCUT2D eigenvalue weighted by Crippen LogP contribution is -2.43. The van der Waals surface area contributed by atoms with Gasteiger partial charge < -0.3 is 5.32 Å². The van der Waals surface area contributed by atoms with Crippen molar-refractivity contribution in [3.8, 4) is 0 Å². The van der Waals surface area contributed by atoms with Gasteiger partial charge in [0, 0.05) is 12.6 Å². The van der Waals surface area contributed by atoms with Crippen LogP contribution in [0.25, 0.3) is 0 Å². The Morgan fingerprint density at radius 3 is 2.36 bits per heavy atom. The molecule has 1 unspecified atom stereocenters. The molecule has 0 amide bonds. The van der Waals surface area contributed by atoms with Gasteiger partial charge in [-0.1, -0.05) is 26.2 Å². The van der Waals surface area contributed by atoms with E-state index in [1.165, 1.54) is 51.5 Å². The molecule has 2 fully saturated rings. The van der Waals surface area contributed by atoms with Gasteiger partial charge in [0.25, 0.3) is 0 Å². The van der Waals surface area contributed by atoms with Gasteiger partial charge in [-0.3, -0.25) is 0 Å². The van der Waals surface area contributed by atoms with Crippen molar-refractivity contribution in [1.82, 2.24) is 5.32 Å². The molecule has 14 heavy (non-hydrogen) atoms. The molecule has 2 saturated carbocycles. The van der Waals surface area contributed by atoms with Crippen LogP contribution >= 0.6 is 0 Å². The first-order valence-corrected chi connectivity index (χ1v) is 6.43. The highest BCUT2D eigenvalue weighted by Gasteiger charge is 2.32. The van der Waals surface area contributed by atoms with Crippen LogP contribution in [-0.2, 0) is 0 Å². The highest BCUT2D eigenvalue weighted by Crippen LogP contribution is 2.39. The third-order valence-electron chi connectivity index (χ3n) is 4.52. The summed E-state index contributed by atoms with van der Waals surface area (Å²) < 4.78 is 0. The summed E-state index contributed by atoms with van der Waals surface area (Å²) in [6, 6.07) is 0.759. The molecule has 1 atom stereocenters. The third-order valence-corrected chi connectivity index (χ3v) is 4.52. The summed E-state index contributed by atoms with van der Waals surface area (Å²) in [6.45, 7) is 6.08. The van der Waals surface area contributed by atoms with E-state index in [1.807, 2.05) is 0 Å². The number of hydrogen-bond donors (Lipinski definition) is 1. The minimum Gasteiger partial charge on any atom is -0.313 e. The Morgan fingerprint density at radius 1 is 1.21 bits per heavy atom. The number of rotatable bonds is 4. The van der Waals surface area contributed by atoms with Gasteiger partial charge in [0.2, 0.25) is 0 Å². The second-order valence-corrected chi connectivity index (χ2v) is 5.88. The SMILES string of the molecule is CC(NCC1(C)CCC1)C1CCCC1. The van der Waals surface area contributed by atoms with E-state index in [1.54, 1.807) is 0 Å². The summed E-state index contributed by atoms with van der Waals surface area (Å²) in [7, 11) is 0. The van der Waals surface area contributed by atoms with E-state index < -0.39 is 0 Å². The van der Waals surface area contributed by atoms with Gasteiger partial charge in [0.05, 0.1) is 0 Å². The van der Waals surface area contributed by atoms with E-state index in [4.69, 9.17) is 0 Å². The summed E-state index contributed by atoms with van der Waals surface area (Å²) >= 11 is 0. The molecule has 1 heteroatoms. The van der Waals surface area contributed by atoms with Crippen LogP contribution in [0, 0.1) is 11.3 Å². The first-order valence-electron chi connectivity index (χ1n) is 6.43. The molecule has 0 bridgehead atoms. The molecule has 0 saturated heterocycles. The van der Waals surface area contributed by atoms with Crippen molar-refractivity contribution < 1.29 is 0 Å². The molecule has 0 aromatic rings. The normalized spacial score (nSPS) is 28.7. The van der Waals surface area contributed by atoms with Crippen LogP contribution in [0.3, 0.4) is 0 Å². The average molecular weight is 195 g/mol. The maximum atomic E-state index is 3.77. The molecule has 0 aromatic heterocycles. The Morgan fingerprint density at radius 2 is 1.86 bits per heavy atom. The van der Waals surface area contributed by atoms with Crippen molar-refractivity contribution in [1.29, 1.82) is 0 Å². The molecule has 1 N–H and O–H groups in total. The molecule has 0 spiro atoms. The van der Waals surface area contributed by atoms with Gasteiger partial charge in [-0.2, -0.15) is 0 Å². The fraction of sp³-hybridized carbons (Fsp3) is 1.00. The second kappa shape index (κ2) is 4.22. The molecule has 82 valence electrons. The maximum Gasteiger partial charge on any atom is 0.00672 e. The van der Waals surface area contributed by atoms with Crippen LogP contribution in [-0.4, -0.2) is 12.6 Å². The molecule has 0 aliphatic heterocycles. The molecule has 0 heterocycles. The summed E-state index contributed by atoms with van der Waals surface area (Å²) in [5.41, 5.74) is 0.646. The zero-order chi connectivity index (χ0) is 10.0. The number of nitrogens with one attached hydrogen (secondary N) is 1. The second-order valence-electron chi connectivity index (χ2n) is 5.88. The van der Waals surface area contributed by atoms with Crippen LogP contribution in [0.15, 0.2) is 0 Å². The van der Waals surface area contributed by atoms with Gasteiger partial charge in [-0.25, -0.2) is 0 Å². The van der Waals surface area contributed by atoms with E-state index in [0.717, 1.165) is 12.0 Å². The Hall–Kier alpha value is -0.0400. The molecule has 2 aliphatic carbocycles. The minimum atomic E-state index is 0.646. The molecule has 0 radical (unpaired) electrons. The van der Waals surface area contributed by atoms with Crippen LogP contribution in [0.4, 0.5) is 0 Å². The lowest BCUT2D eigenvalue weighted by Gasteiger charge is -2.40. The Labute approximate surface area is 88.7 Å². The molecule has 2 rings (SSSR count). The monoisotopic (exact) mass is 195 g/mol. The zero-order valence-electron chi connectivity index (χ0n) is 9.81. The third kappa shape index (κ3) is 2.31. The quantitative estimate of drug-likeness (QED) is 0.725. The standard InChI is InChI=1S/C13H25N/c1-11(12-6-3-4-7-12)14-10-13(2)8-5-9-13/h11-12,14H,3-10H2,1-2H3. The summed E-state index contributed by atoms with van der Waals surface area (Å²) in [5, 5.41) is 3.77. The molecular formula is C13H25N. The smallest absolute Gasteiger partial charge is 0.00672 e. The van der Waals surface area contributed by atoms with E-state index >= 15 is 0 Å². The van der Waals surface area contributed by atoms with Gasteiger partial charge in [0.15, 0.2) is 0 Å². The van der Waals surface area contributed by atoms with Crippen molar-refractivity contribution >= 4 is 0 Å². The Kier molecular flexibility index (Phi) is 3.16. The van der Waals surface area contributed by atoms with Crippen LogP contribution in [0.1, 0.15) is 58.8 Å². The van der Waals surface area contributed by atoms with Gasteiger partial charge in [-0.15, -0.1) is 0 Å². The average Bonchev–Trinajstić information content (AvgIpc) is 2.63. The summed E-state index contributed by atoms with van der Waals surface area (Å²) in [6.07, 6.45) is 10.2.